The Bertz CT molecular complexity index is 372. The molecular formula is C14H25N3O. The molecule has 1 saturated heterocycles. The van der Waals surface area contributed by atoms with Crippen molar-refractivity contribution in [2.45, 2.75) is 58.4 Å². The van der Waals surface area contributed by atoms with E-state index >= 15 is 0 Å². The van der Waals surface area contributed by atoms with Crippen LogP contribution in [0.2, 0.25) is 0 Å². The molecule has 0 radical (unpaired) electrons. The van der Waals surface area contributed by atoms with Crippen LogP contribution in [0, 0.1) is 16.7 Å². The molecule has 2 atom stereocenters. The zero-order chi connectivity index (χ0) is 13.6. The highest BCUT2D eigenvalue weighted by atomic mass is 16.2. The molecule has 2 unspecified atom stereocenters. The molecular weight excluding hydrogens is 226 g/mol. The summed E-state index contributed by atoms with van der Waals surface area (Å²) >= 11 is 0. The van der Waals surface area contributed by atoms with Crippen LogP contribution in [0.5, 0.6) is 0 Å². The third kappa shape index (κ3) is 2.02. The van der Waals surface area contributed by atoms with Gasteiger partial charge < -0.3 is 4.90 Å². The van der Waals surface area contributed by atoms with Crippen molar-refractivity contribution in [3.63, 3.8) is 0 Å². The first kappa shape index (κ1) is 13.4. The van der Waals surface area contributed by atoms with Crippen molar-refractivity contribution in [1.29, 1.82) is 5.41 Å². The van der Waals surface area contributed by atoms with Gasteiger partial charge in [-0.2, -0.15) is 0 Å². The molecule has 4 heteroatoms. The van der Waals surface area contributed by atoms with Crippen LogP contribution in [0.25, 0.3) is 0 Å². The summed E-state index contributed by atoms with van der Waals surface area (Å²) < 4.78 is 0. The average Bonchev–Trinajstić information content (AvgIpc) is 2.48. The lowest BCUT2D eigenvalue weighted by molar-refractivity contribution is 0.176. The number of carbonyl (C=O) groups is 1. The van der Waals surface area contributed by atoms with E-state index in [2.05, 4.69) is 26.1 Å². The lowest BCUT2D eigenvalue weighted by atomic mass is 9.76. The van der Waals surface area contributed by atoms with Gasteiger partial charge >= 0.3 is 6.03 Å². The highest BCUT2D eigenvalue weighted by molar-refractivity contribution is 6.08. The maximum atomic E-state index is 11.7. The van der Waals surface area contributed by atoms with Crippen LogP contribution in [0.15, 0.2) is 0 Å². The quantitative estimate of drug-likeness (QED) is 0.683. The third-order valence-electron chi connectivity index (χ3n) is 4.92. The molecule has 0 aromatic rings. The summed E-state index contributed by atoms with van der Waals surface area (Å²) in [5.74, 6) is 1.10. The highest BCUT2D eigenvalue weighted by Gasteiger charge is 2.49. The lowest BCUT2D eigenvalue weighted by Gasteiger charge is -2.34. The number of likely N-dealkylation sites (N-methyl/N-ethyl adjacent to an activating group) is 1. The first-order chi connectivity index (χ1) is 8.27. The molecule has 4 nitrogen and oxygen atoms in total. The van der Waals surface area contributed by atoms with Crippen LogP contribution in [-0.2, 0) is 0 Å². The molecule has 2 rings (SSSR count). The molecule has 2 amide bonds. The van der Waals surface area contributed by atoms with Crippen molar-refractivity contribution in [2.75, 3.05) is 7.05 Å². The number of carbonyl (C=O) groups excluding carboxylic acids is 1. The minimum Gasteiger partial charge on any atom is -0.315 e. The van der Waals surface area contributed by atoms with E-state index in [4.69, 9.17) is 5.41 Å². The molecule has 1 heterocycles. The van der Waals surface area contributed by atoms with E-state index in [1.807, 2.05) is 7.05 Å². The van der Waals surface area contributed by atoms with Gasteiger partial charge in [-0.1, -0.05) is 27.2 Å². The van der Waals surface area contributed by atoms with Crippen molar-refractivity contribution >= 4 is 11.9 Å². The molecule has 2 fully saturated rings. The van der Waals surface area contributed by atoms with Gasteiger partial charge in [-0.3, -0.25) is 10.7 Å². The van der Waals surface area contributed by atoms with Crippen molar-refractivity contribution in [3.8, 4) is 0 Å². The first-order valence-electron chi connectivity index (χ1n) is 6.91. The molecule has 1 saturated carbocycles. The SMILES string of the molecule is CN1C(=O)NC(=N)C12CCCC(C(C)(C)C)CC2. The molecule has 2 N–H and O–H groups in total. The zero-order valence-electron chi connectivity index (χ0n) is 12.0. The van der Waals surface area contributed by atoms with E-state index in [1.54, 1.807) is 4.90 Å². The average molecular weight is 251 g/mol. The zero-order valence-corrected chi connectivity index (χ0v) is 12.0. The Kier molecular flexibility index (Phi) is 3.16. The summed E-state index contributed by atoms with van der Waals surface area (Å²) in [6, 6.07) is -0.116. The van der Waals surface area contributed by atoms with Crippen molar-refractivity contribution in [3.05, 3.63) is 0 Å². The Labute approximate surface area is 110 Å². The van der Waals surface area contributed by atoms with Gasteiger partial charge in [-0.05, 0) is 37.0 Å². The minimum absolute atomic E-state index is 0.116. The van der Waals surface area contributed by atoms with E-state index in [0.29, 0.717) is 17.2 Å². The lowest BCUT2D eigenvalue weighted by Crippen LogP contribution is -2.47. The number of nitrogens with zero attached hydrogens (tertiary/aromatic N) is 1. The largest absolute Gasteiger partial charge is 0.323 e. The van der Waals surface area contributed by atoms with Gasteiger partial charge in [0.25, 0.3) is 0 Å². The summed E-state index contributed by atoms with van der Waals surface area (Å²) in [6.07, 6.45) is 5.26. The van der Waals surface area contributed by atoms with E-state index in [0.717, 1.165) is 25.7 Å². The fourth-order valence-corrected chi connectivity index (χ4v) is 3.44. The second-order valence-electron chi connectivity index (χ2n) is 6.89. The van der Waals surface area contributed by atoms with Crippen molar-refractivity contribution in [2.24, 2.45) is 11.3 Å². The molecule has 0 bridgehead atoms. The third-order valence-corrected chi connectivity index (χ3v) is 4.92. The summed E-state index contributed by atoms with van der Waals surface area (Å²) in [5.41, 5.74) is -0.0284. The second kappa shape index (κ2) is 4.25. The van der Waals surface area contributed by atoms with Crippen molar-refractivity contribution < 1.29 is 4.79 Å². The number of hydrogen-bond acceptors (Lipinski definition) is 2. The van der Waals surface area contributed by atoms with Gasteiger partial charge in [0.15, 0.2) is 0 Å². The van der Waals surface area contributed by atoms with E-state index < -0.39 is 0 Å². The van der Waals surface area contributed by atoms with Crippen LogP contribution in [0.4, 0.5) is 4.79 Å². The Hall–Kier alpha value is -1.06. The van der Waals surface area contributed by atoms with Crippen LogP contribution < -0.4 is 5.32 Å². The van der Waals surface area contributed by atoms with E-state index in [9.17, 15) is 4.79 Å². The van der Waals surface area contributed by atoms with E-state index in [-0.39, 0.29) is 11.6 Å². The summed E-state index contributed by atoms with van der Waals surface area (Å²) in [4.78, 5) is 13.5. The smallest absolute Gasteiger partial charge is 0.315 e. The Morgan fingerprint density at radius 1 is 1.33 bits per heavy atom. The first-order valence-corrected chi connectivity index (χ1v) is 6.91. The number of rotatable bonds is 0. The molecule has 1 spiro atoms. The molecule has 0 aromatic heterocycles. The molecule has 0 aromatic carbocycles. The molecule has 2 aliphatic rings. The number of urea groups is 1. The van der Waals surface area contributed by atoms with Gasteiger partial charge in [0, 0.05) is 7.05 Å². The van der Waals surface area contributed by atoms with E-state index in [1.165, 1.54) is 6.42 Å². The molecule has 18 heavy (non-hydrogen) atoms. The number of nitrogens with one attached hydrogen (secondary N) is 2. The monoisotopic (exact) mass is 251 g/mol. The van der Waals surface area contributed by atoms with Gasteiger partial charge in [0.05, 0.1) is 0 Å². The van der Waals surface area contributed by atoms with Crippen LogP contribution in [-0.4, -0.2) is 29.4 Å². The van der Waals surface area contributed by atoms with Crippen molar-refractivity contribution in [1.82, 2.24) is 10.2 Å². The fraction of sp³-hybridized carbons (Fsp3) is 0.857. The maximum Gasteiger partial charge on any atom is 0.323 e. The second-order valence-corrected chi connectivity index (χ2v) is 6.89. The van der Waals surface area contributed by atoms with Gasteiger partial charge in [0.1, 0.15) is 11.4 Å². The Balaban J connectivity index is 2.18. The number of hydrogen-bond donors (Lipinski definition) is 2. The fourth-order valence-electron chi connectivity index (χ4n) is 3.44. The maximum absolute atomic E-state index is 11.7. The Morgan fingerprint density at radius 2 is 2.00 bits per heavy atom. The summed E-state index contributed by atoms with van der Waals surface area (Å²) in [7, 11) is 1.83. The molecule has 1 aliphatic carbocycles. The van der Waals surface area contributed by atoms with Gasteiger partial charge in [0.2, 0.25) is 0 Å². The normalized spacial score (nSPS) is 33.8. The van der Waals surface area contributed by atoms with Crippen LogP contribution in [0.3, 0.4) is 0 Å². The highest BCUT2D eigenvalue weighted by Crippen LogP contribution is 2.42. The van der Waals surface area contributed by atoms with Crippen LogP contribution in [0.1, 0.15) is 52.9 Å². The Morgan fingerprint density at radius 3 is 2.50 bits per heavy atom. The van der Waals surface area contributed by atoms with Crippen LogP contribution >= 0.6 is 0 Å². The molecule has 102 valence electrons. The summed E-state index contributed by atoms with van der Waals surface area (Å²) in [6.45, 7) is 6.88. The predicted octanol–water partition coefficient (Wildman–Crippen LogP) is 2.98. The standard InChI is InChI=1S/C14H25N3O/c1-13(2,3)10-6-5-8-14(9-7-10)11(15)16-12(18)17(14)4/h10H,5-9H2,1-4H3,(H2,15,16,18). The molecule has 1 aliphatic heterocycles. The van der Waals surface area contributed by atoms with Gasteiger partial charge in [-0.15, -0.1) is 0 Å². The topological polar surface area (TPSA) is 56.2 Å². The summed E-state index contributed by atoms with van der Waals surface area (Å²) in [5, 5.41) is 10.8. The van der Waals surface area contributed by atoms with Gasteiger partial charge in [-0.25, -0.2) is 4.79 Å². The number of amidine groups is 1. The number of amides is 2. The predicted molar refractivity (Wildman–Crippen MR) is 72.8 cm³/mol. The minimum atomic E-state index is -0.350.